The van der Waals surface area contributed by atoms with Gasteiger partial charge in [0.05, 0.1) is 19.8 Å². The van der Waals surface area contributed by atoms with Crippen LogP contribution >= 0.6 is 0 Å². The molecule has 1 aliphatic rings. The molecular weight excluding hydrogens is 356 g/mol. The van der Waals surface area contributed by atoms with Crippen molar-refractivity contribution in [3.05, 3.63) is 47.7 Å². The summed E-state index contributed by atoms with van der Waals surface area (Å²) < 4.78 is 10.6. The quantitative estimate of drug-likeness (QED) is 0.765. The zero-order chi connectivity index (χ0) is 19.9. The minimum Gasteiger partial charge on any atom is -0.493 e. The third-order valence-electron chi connectivity index (χ3n) is 4.91. The van der Waals surface area contributed by atoms with Crippen LogP contribution < -0.4 is 14.4 Å². The number of ether oxygens (including phenoxy) is 2. The third kappa shape index (κ3) is 4.34. The van der Waals surface area contributed by atoms with Gasteiger partial charge < -0.3 is 19.3 Å². The molecule has 1 amide bonds. The number of hydrogen-bond donors (Lipinski definition) is 0. The zero-order valence-electron chi connectivity index (χ0n) is 16.2. The maximum absolute atomic E-state index is 12.6. The molecule has 28 heavy (non-hydrogen) atoms. The first kappa shape index (κ1) is 19.5. The zero-order valence-corrected chi connectivity index (χ0v) is 16.2. The Labute approximate surface area is 165 Å². The van der Waals surface area contributed by atoms with Gasteiger partial charge in [-0.15, -0.1) is 0 Å². The van der Waals surface area contributed by atoms with Gasteiger partial charge in [-0.05, 0) is 36.2 Å². The Morgan fingerprint density at radius 1 is 1.14 bits per heavy atom. The number of nitriles is 1. The fraction of sp³-hybridized carbons (Fsp3) is 0.381. The highest BCUT2D eigenvalue weighted by Gasteiger charge is 2.23. The molecule has 2 aromatic rings. The molecule has 1 aliphatic heterocycles. The predicted octanol–water partition coefficient (Wildman–Crippen LogP) is 2.25. The van der Waals surface area contributed by atoms with Gasteiger partial charge in [0.15, 0.2) is 11.5 Å². The van der Waals surface area contributed by atoms with E-state index in [0.717, 1.165) is 5.56 Å². The molecule has 0 N–H and O–H groups in total. The molecule has 146 valence electrons. The van der Waals surface area contributed by atoms with E-state index in [2.05, 4.69) is 16.0 Å². The van der Waals surface area contributed by atoms with Crippen molar-refractivity contribution < 1.29 is 14.3 Å². The number of carbonyl (C=O) groups excluding carboxylic acids is 1. The predicted molar refractivity (Wildman–Crippen MR) is 106 cm³/mol. The van der Waals surface area contributed by atoms with E-state index in [-0.39, 0.29) is 5.91 Å². The lowest BCUT2D eigenvalue weighted by Crippen LogP contribution is -2.49. The van der Waals surface area contributed by atoms with Crippen LogP contribution in [0.1, 0.15) is 17.5 Å². The maximum atomic E-state index is 12.6. The Kier molecular flexibility index (Phi) is 6.33. The molecule has 1 aromatic carbocycles. The Balaban J connectivity index is 1.54. The smallest absolute Gasteiger partial charge is 0.223 e. The second-order valence-corrected chi connectivity index (χ2v) is 6.54. The molecule has 1 aromatic heterocycles. The molecule has 0 spiro atoms. The first-order chi connectivity index (χ1) is 13.7. The van der Waals surface area contributed by atoms with E-state index in [0.29, 0.717) is 61.9 Å². The number of benzene rings is 1. The van der Waals surface area contributed by atoms with Crippen molar-refractivity contribution in [2.45, 2.75) is 12.8 Å². The highest BCUT2D eigenvalue weighted by Crippen LogP contribution is 2.28. The van der Waals surface area contributed by atoms with Crippen molar-refractivity contribution in [2.24, 2.45) is 0 Å². The number of piperazine rings is 1. The van der Waals surface area contributed by atoms with Crippen LogP contribution in [-0.4, -0.2) is 56.2 Å². The summed E-state index contributed by atoms with van der Waals surface area (Å²) in [6.45, 7) is 2.61. The number of rotatable bonds is 6. The van der Waals surface area contributed by atoms with Crippen LogP contribution in [0.5, 0.6) is 11.5 Å². The summed E-state index contributed by atoms with van der Waals surface area (Å²) in [6, 6.07) is 11.4. The number of aryl methyl sites for hydroxylation is 1. The summed E-state index contributed by atoms with van der Waals surface area (Å²) in [4.78, 5) is 20.9. The van der Waals surface area contributed by atoms with Gasteiger partial charge in [-0.25, -0.2) is 4.98 Å². The van der Waals surface area contributed by atoms with Crippen molar-refractivity contribution in [2.75, 3.05) is 45.3 Å². The minimum atomic E-state index is 0.135. The molecule has 1 fully saturated rings. The topological polar surface area (TPSA) is 78.7 Å². The van der Waals surface area contributed by atoms with Crippen LogP contribution in [0.2, 0.25) is 0 Å². The number of anilines is 1. The van der Waals surface area contributed by atoms with Crippen molar-refractivity contribution in [3.8, 4) is 17.6 Å². The summed E-state index contributed by atoms with van der Waals surface area (Å²) in [7, 11) is 3.21. The second kappa shape index (κ2) is 9.09. The molecule has 7 heteroatoms. The Morgan fingerprint density at radius 3 is 2.57 bits per heavy atom. The minimum absolute atomic E-state index is 0.135. The van der Waals surface area contributed by atoms with Crippen LogP contribution in [0.25, 0.3) is 0 Å². The van der Waals surface area contributed by atoms with E-state index in [9.17, 15) is 10.1 Å². The van der Waals surface area contributed by atoms with Gasteiger partial charge in [-0.3, -0.25) is 4.79 Å². The number of hydrogen-bond acceptors (Lipinski definition) is 6. The van der Waals surface area contributed by atoms with Gasteiger partial charge in [-0.1, -0.05) is 6.07 Å². The van der Waals surface area contributed by atoms with Gasteiger partial charge >= 0.3 is 0 Å². The van der Waals surface area contributed by atoms with Gasteiger partial charge in [-0.2, -0.15) is 5.26 Å². The van der Waals surface area contributed by atoms with Gasteiger partial charge in [0.25, 0.3) is 0 Å². The molecule has 0 atom stereocenters. The van der Waals surface area contributed by atoms with Crippen LogP contribution in [0.15, 0.2) is 36.5 Å². The monoisotopic (exact) mass is 380 g/mol. The average Bonchev–Trinajstić information content (AvgIpc) is 2.77. The Morgan fingerprint density at radius 2 is 1.89 bits per heavy atom. The normalized spacial score (nSPS) is 13.8. The molecule has 7 nitrogen and oxygen atoms in total. The summed E-state index contributed by atoms with van der Waals surface area (Å²) in [5.41, 5.74) is 1.60. The standard InChI is InChI=1S/C21H24N4O3/c1-27-18-7-5-16(14-19(18)28-2)6-8-20(26)24-10-12-25(13-11-24)21-17(15-22)4-3-9-23-21/h3-5,7,9,14H,6,8,10-13H2,1-2H3. The molecule has 0 radical (unpaired) electrons. The number of carbonyl (C=O) groups is 1. The van der Waals surface area contributed by atoms with Crippen LogP contribution in [0.4, 0.5) is 5.82 Å². The summed E-state index contributed by atoms with van der Waals surface area (Å²) in [5.74, 6) is 2.18. The third-order valence-corrected chi connectivity index (χ3v) is 4.91. The van der Waals surface area contributed by atoms with Crippen molar-refractivity contribution >= 4 is 11.7 Å². The van der Waals surface area contributed by atoms with Gasteiger partial charge in [0.2, 0.25) is 5.91 Å². The lowest BCUT2D eigenvalue weighted by molar-refractivity contribution is -0.131. The number of nitrogens with zero attached hydrogens (tertiary/aromatic N) is 4. The number of methoxy groups -OCH3 is 2. The van der Waals surface area contributed by atoms with E-state index >= 15 is 0 Å². The molecule has 0 bridgehead atoms. The average molecular weight is 380 g/mol. The molecule has 0 aliphatic carbocycles. The first-order valence-corrected chi connectivity index (χ1v) is 9.25. The van der Waals surface area contributed by atoms with Crippen LogP contribution in [-0.2, 0) is 11.2 Å². The van der Waals surface area contributed by atoms with E-state index in [1.807, 2.05) is 23.1 Å². The van der Waals surface area contributed by atoms with Crippen molar-refractivity contribution in [1.82, 2.24) is 9.88 Å². The molecule has 3 rings (SSSR count). The van der Waals surface area contributed by atoms with Crippen molar-refractivity contribution in [1.29, 1.82) is 5.26 Å². The number of pyridine rings is 1. The molecule has 0 saturated carbocycles. The van der Waals surface area contributed by atoms with Crippen LogP contribution in [0, 0.1) is 11.3 Å². The first-order valence-electron chi connectivity index (χ1n) is 9.25. The van der Waals surface area contributed by atoms with E-state index in [1.165, 1.54) is 0 Å². The van der Waals surface area contributed by atoms with Gasteiger partial charge in [0, 0.05) is 38.8 Å². The molecule has 0 unspecified atom stereocenters. The summed E-state index contributed by atoms with van der Waals surface area (Å²) >= 11 is 0. The van der Waals surface area contributed by atoms with E-state index in [4.69, 9.17) is 9.47 Å². The Hall–Kier alpha value is -3.27. The number of amides is 1. The van der Waals surface area contributed by atoms with Crippen LogP contribution in [0.3, 0.4) is 0 Å². The number of aromatic nitrogens is 1. The summed E-state index contributed by atoms with van der Waals surface area (Å²) in [5, 5.41) is 9.24. The van der Waals surface area contributed by atoms with Crippen molar-refractivity contribution in [3.63, 3.8) is 0 Å². The Bertz CT molecular complexity index is 870. The van der Waals surface area contributed by atoms with E-state index in [1.54, 1.807) is 32.5 Å². The fourth-order valence-electron chi connectivity index (χ4n) is 3.35. The lowest BCUT2D eigenvalue weighted by atomic mass is 10.1. The molecular formula is C21H24N4O3. The largest absolute Gasteiger partial charge is 0.493 e. The molecule has 1 saturated heterocycles. The van der Waals surface area contributed by atoms with E-state index < -0.39 is 0 Å². The van der Waals surface area contributed by atoms with Gasteiger partial charge in [0.1, 0.15) is 11.9 Å². The second-order valence-electron chi connectivity index (χ2n) is 6.54. The highest BCUT2D eigenvalue weighted by molar-refractivity contribution is 5.77. The SMILES string of the molecule is COc1ccc(CCC(=O)N2CCN(c3ncccc3C#N)CC2)cc1OC. The molecule has 2 heterocycles. The highest BCUT2D eigenvalue weighted by atomic mass is 16.5. The maximum Gasteiger partial charge on any atom is 0.223 e. The summed E-state index contributed by atoms with van der Waals surface area (Å²) in [6.07, 6.45) is 2.79. The lowest BCUT2D eigenvalue weighted by Gasteiger charge is -2.35. The fourth-order valence-corrected chi connectivity index (χ4v) is 3.35.